The Balaban J connectivity index is 1.27. The van der Waals surface area contributed by atoms with E-state index >= 15 is 0 Å². The number of amides is 2. The van der Waals surface area contributed by atoms with Gasteiger partial charge in [0.05, 0.1) is 16.4 Å². The summed E-state index contributed by atoms with van der Waals surface area (Å²) in [5.74, 6) is 0.523. The first-order valence-corrected chi connectivity index (χ1v) is 12.3. The van der Waals surface area contributed by atoms with Crippen LogP contribution in [0.3, 0.4) is 0 Å². The van der Waals surface area contributed by atoms with Crippen molar-refractivity contribution in [3.63, 3.8) is 0 Å². The van der Waals surface area contributed by atoms with Crippen molar-refractivity contribution in [3.8, 4) is 0 Å². The van der Waals surface area contributed by atoms with Gasteiger partial charge >= 0.3 is 0 Å². The Kier molecular flexibility index (Phi) is 8.04. The van der Waals surface area contributed by atoms with Gasteiger partial charge < -0.3 is 20.9 Å². The van der Waals surface area contributed by atoms with E-state index in [0.717, 1.165) is 43.7 Å². The maximum Gasteiger partial charge on any atom is 0.275 e. The van der Waals surface area contributed by atoms with Crippen LogP contribution in [-0.4, -0.2) is 51.3 Å². The van der Waals surface area contributed by atoms with E-state index in [9.17, 15) is 9.59 Å². The minimum absolute atomic E-state index is 0.258. The molecule has 0 saturated carbocycles. The smallest absolute Gasteiger partial charge is 0.275 e. The first-order valence-electron chi connectivity index (χ1n) is 11.1. The topological polar surface area (TPSA) is 112 Å². The number of aryl methyl sites for hydroxylation is 1. The molecule has 1 aliphatic heterocycles. The lowest BCUT2D eigenvalue weighted by atomic mass is 10.2. The zero-order valence-electron chi connectivity index (χ0n) is 18.8. The zero-order valence-corrected chi connectivity index (χ0v) is 20.4. The van der Waals surface area contributed by atoms with Crippen molar-refractivity contribution in [2.45, 2.75) is 32.7 Å². The van der Waals surface area contributed by atoms with E-state index in [1.807, 2.05) is 30.0 Å². The summed E-state index contributed by atoms with van der Waals surface area (Å²) in [5, 5.41) is 12.0. The molecular weight excluding hydrogens is 474 g/mol. The van der Waals surface area contributed by atoms with Gasteiger partial charge in [0.25, 0.3) is 5.91 Å². The molecule has 0 spiro atoms. The molecular formula is C23H26ClN7O2S. The summed E-state index contributed by atoms with van der Waals surface area (Å²) in [6, 6.07) is 7.28. The van der Waals surface area contributed by atoms with Gasteiger partial charge in [-0.05, 0) is 37.9 Å². The molecule has 0 unspecified atom stereocenters. The van der Waals surface area contributed by atoms with E-state index in [1.165, 1.54) is 17.7 Å². The van der Waals surface area contributed by atoms with Crippen molar-refractivity contribution in [2.24, 2.45) is 0 Å². The molecule has 0 radical (unpaired) electrons. The lowest BCUT2D eigenvalue weighted by Crippen LogP contribution is -2.28. The fraction of sp³-hybridized carbons (Fsp3) is 0.348. The number of aromatic nitrogens is 3. The van der Waals surface area contributed by atoms with E-state index in [1.54, 1.807) is 11.4 Å². The van der Waals surface area contributed by atoms with Crippen molar-refractivity contribution in [3.05, 3.63) is 57.9 Å². The van der Waals surface area contributed by atoms with Crippen molar-refractivity contribution < 1.29 is 9.59 Å². The highest BCUT2D eigenvalue weighted by atomic mass is 35.5. The van der Waals surface area contributed by atoms with E-state index in [0.29, 0.717) is 40.3 Å². The number of rotatable bonds is 10. The van der Waals surface area contributed by atoms with Gasteiger partial charge in [-0.1, -0.05) is 23.7 Å². The van der Waals surface area contributed by atoms with Crippen LogP contribution in [0.5, 0.6) is 0 Å². The van der Waals surface area contributed by atoms with Gasteiger partial charge in [-0.3, -0.25) is 9.59 Å². The molecule has 11 heteroatoms. The first kappa shape index (κ1) is 24.1. The van der Waals surface area contributed by atoms with Crippen LogP contribution >= 0.6 is 22.9 Å². The van der Waals surface area contributed by atoms with Crippen molar-refractivity contribution in [2.75, 3.05) is 30.3 Å². The molecule has 4 rings (SSSR count). The summed E-state index contributed by atoms with van der Waals surface area (Å²) in [6.07, 6.45) is 4.04. The Hall–Kier alpha value is -3.08. The second-order valence-electron chi connectivity index (χ2n) is 7.96. The highest BCUT2D eigenvalue weighted by molar-refractivity contribution is 7.14. The quantitative estimate of drug-likeness (QED) is 0.361. The van der Waals surface area contributed by atoms with Crippen LogP contribution < -0.4 is 16.0 Å². The van der Waals surface area contributed by atoms with Gasteiger partial charge in [0.15, 0.2) is 5.13 Å². The number of halogens is 1. The number of para-hydroxylation sites is 1. The third kappa shape index (κ3) is 6.28. The van der Waals surface area contributed by atoms with Crippen LogP contribution in [0.25, 0.3) is 0 Å². The number of nitrogens with one attached hydrogen (secondary N) is 3. The lowest BCUT2D eigenvalue weighted by molar-refractivity contribution is -0.127. The molecule has 34 heavy (non-hydrogen) atoms. The molecule has 178 valence electrons. The average Bonchev–Trinajstić information content (AvgIpc) is 3.45. The maximum absolute atomic E-state index is 12.6. The summed E-state index contributed by atoms with van der Waals surface area (Å²) >= 11 is 7.51. The highest BCUT2D eigenvalue weighted by Crippen LogP contribution is 2.26. The minimum Gasteiger partial charge on any atom is -0.343 e. The number of hydrogen-bond donors (Lipinski definition) is 3. The number of hydrogen-bond acceptors (Lipinski definition) is 8. The van der Waals surface area contributed by atoms with Gasteiger partial charge in [-0.15, -0.1) is 11.3 Å². The number of carbonyl (C=O) groups excluding carboxylic acids is 2. The number of carbonyl (C=O) groups is 2. The monoisotopic (exact) mass is 499 g/mol. The van der Waals surface area contributed by atoms with Crippen molar-refractivity contribution in [1.29, 1.82) is 0 Å². The first-order chi connectivity index (χ1) is 16.5. The average molecular weight is 500 g/mol. The Morgan fingerprint density at radius 3 is 2.97 bits per heavy atom. The number of thiazole rings is 1. The highest BCUT2D eigenvalue weighted by Gasteiger charge is 2.19. The van der Waals surface area contributed by atoms with Gasteiger partial charge in [-0.2, -0.15) is 0 Å². The normalized spacial score (nSPS) is 13.4. The third-order valence-electron chi connectivity index (χ3n) is 5.42. The molecule has 3 aromatic rings. The fourth-order valence-corrected chi connectivity index (χ4v) is 4.59. The molecule has 2 aromatic heterocycles. The molecule has 0 atom stereocenters. The van der Waals surface area contributed by atoms with Gasteiger partial charge in [-0.25, -0.2) is 15.0 Å². The second-order valence-corrected chi connectivity index (χ2v) is 9.22. The minimum atomic E-state index is -0.330. The summed E-state index contributed by atoms with van der Waals surface area (Å²) in [6.45, 7) is 4.93. The Labute approximate surface area is 207 Å². The number of anilines is 3. The SMILES string of the molecule is Cc1cccc(Cl)c1NC(=O)c1csc(Nc2cc(CNCCCN3CCCC3=O)ncn2)n1. The van der Waals surface area contributed by atoms with E-state index < -0.39 is 0 Å². The van der Waals surface area contributed by atoms with E-state index in [-0.39, 0.29) is 11.8 Å². The van der Waals surface area contributed by atoms with Crippen LogP contribution in [0, 0.1) is 6.92 Å². The van der Waals surface area contributed by atoms with Crippen LogP contribution in [0.1, 0.15) is 41.0 Å². The largest absolute Gasteiger partial charge is 0.343 e. The van der Waals surface area contributed by atoms with Crippen LogP contribution in [0.4, 0.5) is 16.6 Å². The molecule has 1 aromatic carbocycles. The van der Waals surface area contributed by atoms with Crippen molar-refractivity contribution >= 4 is 51.4 Å². The van der Waals surface area contributed by atoms with Crippen LogP contribution in [0.2, 0.25) is 5.02 Å². The lowest BCUT2D eigenvalue weighted by Gasteiger charge is -2.15. The zero-order chi connectivity index (χ0) is 23.9. The maximum atomic E-state index is 12.6. The number of likely N-dealkylation sites (tertiary alicyclic amines) is 1. The summed E-state index contributed by atoms with van der Waals surface area (Å²) in [5.41, 5.74) is 2.58. The predicted octanol–water partition coefficient (Wildman–Crippen LogP) is 3.99. The Morgan fingerprint density at radius 2 is 2.18 bits per heavy atom. The standard InChI is InChI=1S/C23H26ClN7O2S/c1-15-5-2-6-17(24)21(15)30-22(33)18-13-34-23(28-18)29-19-11-16(26-14-27-19)12-25-8-4-10-31-9-3-7-20(31)32/h2,5-6,11,13-14,25H,3-4,7-10,12H2,1H3,(H,30,33)(H,26,27,28,29). The summed E-state index contributed by atoms with van der Waals surface area (Å²) in [7, 11) is 0. The molecule has 1 saturated heterocycles. The molecule has 0 bridgehead atoms. The molecule has 1 fully saturated rings. The molecule has 9 nitrogen and oxygen atoms in total. The van der Waals surface area contributed by atoms with Crippen LogP contribution in [0.15, 0.2) is 36.0 Å². The molecule has 0 aliphatic carbocycles. The molecule has 1 aliphatic rings. The molecule has 3 N–H and O–H groups in total. The van der Waals surface area contributed by atoms with Crippen LogP contribution in [-0.2, 0) is 11.3 Å². The summed E-state index contributed by atoms with van der Waals surface area (Å²) < 4.78 is 0. The predicted molar refractivity (Wildman–Crippen MR) is 134 cm³/mol. The third-order valence-corrected chi connectivity index (χ3v) is 6.49. The number of nitrogens with zero attached hydrogens (tertiary/aromatic N) is 4. The summed E-state index contributed by atoms with van der Waals surface area (Å²) in [4.78, 5) is 39.1. The van der Waals surface area contributed by atoms with E-state index in [4.69, 9.17) is 11.6 Å². The van der Waals surface area contributed by atoms with Gasteiger partial charge in [0, 0.05) is 37.5 Å². The van der Waals surface area contributed by atoms with Crippen molar-refractivity contribution in [1.82, 2.24) is 25.2 Å². The second kappa shape index (κ2) is 11.4. The fourth-order valence-electron chi connectivity index (χ4n) is 3.63. The number of benzene rings is 1. The molecule has 2 amide bonds. The Bertz CT molecular complexity index is 1150. The van der Waals surface area contributed by atoms with Gasteiger partial charge in [0.1, 0.15) is 17.8 Å². The molecule has 3 heterocycles. The Morgan fingerprint density at radius 1 is 1.29 bits per heavy atom. The van der Waals surface area contributed by atoms with Gasteiger partial charge in [0.2, 0.25) is 5.91 Å². The van der Waals surface area contributed by atoms with E-state index in [2.05, 4.69) is 30.9 Å².